The molecule has 0 aliphatic carbocycles. The van der Waals surface area contributed by atoms with Gasteiger partial charge in [0, 0.05) is 11.4 Å². The standard InChI is InChI=1S/C24H36NP/c1-16(2)20-12-11-13-21(17(3)4)24(20)25-22-14-9-10-15-23(22)26(18(5)6)19(7)8/h9-19,25H,1-8H3. The topological polar surface area (TPSA) is 12.0 Å². The average molecular weight is 370 g/mol. The van der Waals surface area contributed by atoms with Crippen LogP contribution in [-0.4, -0.2) is 11.3 Å². The first-order valence-electron chi connectivity index (χ1n) is 10.0. The van der Waals surface area contributed by atoms with Gasteiger partial charge in [-0.2, -0.15) is 0 Å². The van der Waals surface area contributed by atoms with Gasteiger partial charge in [0.2, 0.25) is 0 Å². The minimum Gasteiger partial charge on any atom is -0.355 e. The van der Waals surface area contributed by atoms with E-state index in [1.807, 2.05) is 0 Å². The molecule has 0 unspecified atom stereocenters. The van der Waals surface area contributed by atoms with Gasteiger partial charge >= 0.3 is 0 Å². The molecule has 0 radical (unpaired) electrons. The minimum atomic E-state index is -0.203. The summed E-state index contributed by atoms with van der Waals surface area (Å²) in [6, 6.07) is 15.7. The number of anilines is 2. The Morgan fingerprint density at radius 1 is 0.654 bits per heavy atom. The van der Waals surface area contributed by atoms with E-state index in [2.05, 4.69) is 103 Å². The number of rotatable bonds is 7. The second kappa shape index (κ2) is 9.05. The fraction of sp³-hybridized carbons (Fsp3) is 0.500. The normalized spacial score (nSPS) is 12.0. The van der Waals surface area contributed by atoms with E-state index in [1.165, 1.54) is 27.8 Å². The molecule has 2 aromatic carbocycles. The zero-order valence-electron chi connectivity index (χ0n) is 17.8. The summed E-state index contributed by atoms with van der Waals surface area (Å²) in [6.45, 7) is 18.6. The van der Waals surface area contributed by atoms with Crippen molar-refractivity contribution in [3.05, 3.63) is 53.6 Å². The molecule has 0 atom stereocenters. The van der Waals surface area contributed by atoms with Crippen molar-refractivity contribution in [2.75, 3.05) is 5.32 Å². The maximum Gasteiger partial charge on any atom is 0.0462 e. The van der Waals surface area contributed by atoms with Gasteiger partial charge < -0.3 is 5.32 Å². The summed E-state index contributed by atoms with van der Waals surface area (Å²) in [5.41, 5.74) is 6.77. The van der Waals surface area contributed by atoms with Gasteiger partial charge in [0.25, 0.3) is 0 Å². The molecule has 1 nitrogen and oxygen atoms in total. The SMILES string of the molecule is CC(C)c1cccc(C(C)C)c1Nc1ccccc1P(C(C)C)C(C)C. The summed E-state index contributed by atoms with van der Waals surface area (Å²) in [5.74, 6) is 1.00. The monoisotopic (exact) mass is 369 g/mol. The Morgan fingerprint density at radius 3 is 1.62 bits per heavy atom. The lowest BCUT2D eigenvalue weighted by Gasteiger charge is -2.29. The van der Waals surface area contributed by atoms with Gasteiger partial charge in [0.05, 0.1) is 0 Å². The molecule has 0 bridgehead atoms. The highest BCUT2D eigenvalue weighted by Gasteiger charge is 2.23. The molecule has 0 aliphatic rings. The molecular formula is C24H36NP. The maximum absolute atomic E-state index is 3.88. The first kappa shape index (κ1) is 21.0. The summed E-state index contributed by atoms with van der Waals surface area (Å²) >= 11 is 0. The molecule has 142 valence electrons. The van der Waals surface area contributed by atoms with E-state index in [1.54, 1.807) is 0 Å². The van der Waals surface area contributed by atoms with Crippen molar-refractivity contribution < 1.29 is 0 Å². The van der Waals surface area contributed by atoms with Crippen LogP contribution in [0.25, 0.3) is 0 Å². The summed E-state index contributed by atoms with van der Waals surface area (Å²) in [5, 5.41) is 5.38. The third-order valence-corrected chi connectivity index (χ3v) is 8.10. The second-order valence-corrected chi connectivity index (χ2v) is 11.7. The van der Waals surface area contributed by atoms with Gasteiger partial charge in [0.1, 0.15) is 0 Å². The van der Waals surface area contributed by atoms with Crippen molar-refractivity contribution in [1.82, 2.24) is 0 Å². The second-order valence-electron chi connectivity index (χ2n) is 8.36. The Labute approximate surface area is 162 Å². The van der Waals surface area contributed by atoms with Crippen molar-refractivity contribution in [3.8, 4) is 0 Å². The molecule has 2 aromatic rings. The predicted octanol–water partition coefficient (Wildman–Crippen LogP) is 7.60. The van der Waals surface area contributed by atoms with E-state index in [-0.39, 0.29) is 7.92 Å². The molecule has 2 heteroatoms. The van der Waals surface area contributed by atoms with E-state index in [4.69, 9.17) is 0 Å². The molecule has 0 aromatic heterocycles. The Bertz CT molecular complexity index is 682. The van der Waals surface area contributed by atoms with E-state index in [0.29, 0.717) is 23.2 Å². The fourth-order valence-corrected chi connectivity index (χ4v) is 6.76. The fourth-order valence-electron chi connectivity index (χ4n) is 3.79. The number of hydrogen-bond donors (Lipinski definition) is 1. The van der Waals surface area contributed by atoms with Gasteiger partial charge in [-0.15, -0.1) is 0 Å². The predicted molar refractivity (Wildman–Crippen MR) is 121 cm³/mol. The van der Waals surface area contributed by atoms with Crippen LogP contribution in [0.5, 0.6) is 0 Å². The van der Waals surface area contributed by atoms with E-state index in [9.17, 15) is 0 Å². The summed E-state index contributed by atoms with van der Waals surface area (Å²) in [4.78, 5) is 0. The van der Waals surface area contributed by atoms with Crippen LogP contribution in [0.1, 0.15) is 78.4 Å². The largest absolute Gasteiger partial charge is 0.355 e. The van der Waals surface area contributed by atoms with E-state index >= 15 is 0 Å². The average Bonchev–Trinajstić information content (AvgIpc) is 2.55. The zero-order valence-corrected chi connectivity index (χ0v) is 18.7. The van der Waals surface area contributed by atoms with E-state index in [0.717, 1.165) is 0 Å². The first-order chi connectivity index (χ1) is 12.2. The van der Waals surface area contributed by atoms with Crippen LogP contribution in [0.2, 0.25) is 0 Å². The smallest absolute Gasteiger partial charge is 0.0462 e. The molecular weight excluding hydrogens is 333 g/mol. The van der Waals surface area contributed by atoms with Gasteiger partial charge in [-0.1, -0.05) is 99.7 Å². The Morgan fingerprint density at radius 2 is 1.15 bits per heavy atom. The summed E-state index contributed by atoms with van der Waals surface area (Å²) in [7, 11) is -0.203. The lowest BCUT2D eigenvalue weighted by Crippen LogP contribution is -2.18. The van der Waals surface area contributed by atoms with Crippen LogP contribution in [-0.2, 0) is 0 Å². The van der Waals surface area contributed by atoms with Gasteiger partial charge in [-0.25, -0.2) is 0 Å². The molecule has 0 spiro atoms. The van der Waals surface area contributed by atoms with Crippen LogP contribution in [0.15, 0.2) is 42.5 Å². The van der Waals surface area contributed by atoms with Crippen LogP contribution in [0.3, 0.4) is 0 Å². The quantitative estimate of drug-likeness (QED) is 0.495. The van der Waals surface area contributed by atoms with Gasteiger partial charge in [-0.3, -0.25) is 0 Å². The molecule has 0 heterocycles. The number of nitrogens with one attached hydrogen (secondary N) is 1. The molecule has 0 amide bonds. The van der Waals surface area contributed by atoms with E-state index < -0.39 is 0 Å². The molecule has 0 saturated carbocycles. The highest BCUT2D eigenvalue weighted by molar-refractivity contribution is 7.67. The van der Waals surface area contributed by atoms with Gasteiger partial charge in [0.15, 0.2) is 0 Å². The molecule has 2 rings (SSSR count). The molecule has 0 saturated heterocycles. The Hall–Kier alpha value is -1.33. The molecule has 1 N–H and O–H groups in total. The van der Waals surface area contributed by atoms with Crippen LogP contribution in [0.4, 0.5) is 11.4 Å². The third kappa shape index (κ3) is 4.68. The van der Waals surface area contributed by atoms with Crippen molar-refractivity contribution in [1.29, 1.82) is 0 Å². The molecule has 26 heavy (non-hydrogen) atoms. The van der Waals surface area contributed by atoms with Crippen molar-refractivity contribution in [2.24, 2.45) is 0 Å². The number of para-hydroxylation sites is 2. The first-order valence-corrected chi connectivity index (χ1v) is 11.5. The summed E-state index contributed by atoms with van der Waals surface area (Å²) in [6.07, 6.45) is 0. The summed E-state index contributed by atoms with van der Waals surface area (Å²) < 4.78 is 0. The Balaban J connectivity index is 2.57. The lowest BCUT2D eigenvalue weighted by atomic mass is 9.92. The van der Waals surface area contributed by atoms with Crippen molar-refractivity contribution in [2.45, 2.75) is 78.5 Å². The van der Waals surface area contributed by atoms with Crippen molar-refractivity contribution in [3.63, 3.8) is 0 Å². The highest BCUT2D eigenvalue weighted by Crippen LogP contribution is 2.47. The minimum absolute atomic E-state index is 0.203. The van der Waals surface area contributed by atoms with Crippen LogP contribution < -0.4 is 10.6 Å². The molecule has 0 fully saturated rings. The number of hydrogen-bond acceptors (Lipinski definition) is 1. The molecule has 0 aliphatic heterocycles. The van der Waals surface area contributed by atoms with Gasteiger partial charge in [-0.05, 0) is 45.7 Å². The van der Waals surface area contributed by atoms with Crippen LogP contribution in [0, 0.1) is 0 Å². The lowest BCUT2D eigenvalue weighted by molar-refractivity contribution is 0.838. The van der Waals surface area contributed by atoms with Crippen molar-refractivity contribution >= 4 is 24.6 Å². The third-order valence-electron chi connectivity index (χ3n) is 4.93. The zero-order chi connectivity index (χ0) is 19.4. The Kier molecular flexibility index (Phi) is 7.30. The highest BCUT2D eigenvalue weighted by atomic mass is 31.1. The maximum atomic E-state index is 3.88. The van der Waals surface area contributed by atoms with Crippen LogP contribution >= 0.6 is 7.92 Å². The number of benzene rings is 2.